The molecule has 0 saturated carbocycles. The second kappa shape index (κ2) is 9.34. The van der Waals surface area contributed by atoms with Crippen LogP contribution in [0.1, 0.15) is 41.3 Å². The lowest BCUT2D eigenvalue weighted by molar-refractivity contribution is -0.130. The summed E-state index contributed by atoms with van der Waals surface area (Å²) in [7, 11) is 1.87. The molecular weight excluding hydrogens is 344 g/mol. The van der Waals surface area contributed by atoms with Crippen molar-refractivity contribution in [1.82, 2.24) is 10.2 Å². The molecule has 3 rings (SSSR count). The Morgan fingerprint density at radius 1 is 0.821 bits per heavy atom. The fraction of sp³-hybridized carbons (Fsp3) is 0.240. The van der Waals surface area contributed by atoms with E-state index in [-0.39, 0.29) is 24.5 Å². The van der Waals surface area contributed by atoms with Crippen LogP contribution in [-0.2, 0) is 4.79 Å². The lowest BCUT2D eigenvalue weighted by Gasteiger charge is -2.27. The van der Waals surface area contributed by atoms with Gasteiger partial charge in [-0.3, -0.25) is 10.1 Å². The van der Waals surface area contributed by atoms with E-state index in [1.165, 1.54) is 5.56 Å². The van der Waals surface area contributed by atoms with Gasteiger partial charge in [-0.2, -0.15) is 0 Å². The third-order valence-corrected chi connectivity index (χ3v) is 5.26. The molecule has 1 amide bonds. The number of nitrogens with zero attached hydrogens (tertiary/aromatic N) is 1. The molecule has 0 aliphatic carbocycles. The predicted molar refractivity (Wildman–Crippen MR) is 115 cm³/mol. The molecule has 0 fully saturated rings. The zero-order valence-electron chi connectivity index (χ0n) is 16.8. The molecule has 3 heteroatoms. The maximum absolute atomic E-state index is 12.8. The molecule has 0 heterocycles. The first-order valence-electron chi connectivity index (χ1n) is 9.72. The van der Waals surface area contributed by atoms with E-state index in [1.54, 1.807) is 4.90 Å². The fourth-order valence-corrected chi connectivity index (χ4v) is 3.32. The standard InChI is InChI=1S/C25H28N2O/c1-19-14-16-23(17-15-19)25(22-12-8-5-9-13-22)26-18-24(28)27(3)20(2)21-10-6-4-7-11-21/h4-17,20,25-26H,18H2,1-3H3/t20-,25-/m0/s1. The Kier molecular flexibility index (Phi) is 6.62. The van der Waals surface area contributed by atoms with Crippen LogP contribution >= 0.6 is 0 Å². The van der Waals surface area contributed by atoms with Gasteiger partial charge < -0.3 is 4.90 Å². The molecule has 0 spiro atoms. The molecular formula is C25H28N2O. The summed E-state index contributed by atoms with van der Waals surface area (Å²) in [5, 5.41) is 3.47. The van der Waals surface area contributed by atoms with Gasteiger partial charge in [0.05, 0.1) is 18.6 Å². The summed E-state index contributed by atoms with van der Waals surface area (Å²) < 4.78 is 0. The van der Waals surface area contributed by atoms with E-state index >= 15 is 0 Å². The number of aryl methyl sites for hydroxylation is 1. The van der Waals surface area contributed by atoms with Crippen LogP contribution < -0.4 is 5.32 Å². The highest BCUT2D eigenvalue weighted by molar-refractivity contribution is 5.78. The third kappa shape index (κ3) is 4.87. The zero-order valence-corrected chi connectivity index (χ0v) is 16.8. The van der Waals surface area contributed by atoms with Crippen LogP contribution in [0, 0.1) is 6.92 Å². The molecule has 0 aromatic heterocycles. The SMILES string of the molecule is Cc1ccc([C@@H](NCC(=O)N(C)[C@@H](C)c2ccccc2)c2ccccc2)cc1. The largest absolute Gasteiger partial charge is 0.338 e. The lowest BCUT2D eigenvalue weighted by atomic mass is 9.98. The lowest BCUT2D eigenvalue weighted by Crippen LogP contribution is -2.38. The number of rotatable bonds is 7. The van der Waals surface area contributed by atoms with Crippen molar-refractivity contribution in [2.75, 3.05) is 13.6 Å². The zero-order chi connectivity index (χ0) is 19.9. The van der Waals surface area contributed by atoms with Crippen molar-refractivity contribution < 1.29 is 4.79 Å². The molecule has 0 unspecified atom stereocenters. The van der Waals surface area contributed by atoms with Gasteiger partial charge in [-0.25, -0.2) is 0 Å². The number of carbonyl (C=O) groups excluding carboxylic acids is 1. The van der Waals surface area contributed by atoms with Crippen molar-refractivity contribution in [3.05, 3.63) is 107 Å². The van der Waals surface area contributed by atoms with Gasteiger partial charge in [-0.1, -0.05) is 90.5 Å². The molecule has 0 saturated heterocycles. The van der Waals surface area contributed by atoms with Gasteiger partial charge in [0.25, 0.3) is 0 Å². The second-order valence-electron chi connectivity index (χ2n) is 7.23. The first kappa shape index (κ1) is 19.8. The van der Waals surface area contributed by atoms with Crippen LogP contribution in [0.5, 0.6) is 0 Å². The minimum Gasteiger partial charge on any atom is -0.338 e. The number of nitrogens with one attached hydrogen (secondary N) is 1. The first-order valence-corrected chi connectivity index (χ1v) is 9.72. The highest BCUT2D eigenvalue weighted by Gasteiger charge is 2.20. The van der Waals surface area contributed by atoms with Crippen molar-refractivity contribution in [3.63, 3.8) is 0 Å². The summed E-state index contributed by atoms with van der Waals surface area (Å²) in [5.74, 6) is 0.0735. The molecule has 3 nitrogen and oxygen atoms in total. The third-order valence-electron chi connectivity index (χ3n) is 5.26. The molecule has 0 aliphatic heterocycles. The molecule has 28 heavy (non-hydrogen) atoms. The van der Waals surface area contributed by atoms with Crippen molar-refractivity contribution in [3.8, 4) is 0 Å². The first-order chi connectivity index (χ1) is 13.6. The smallest absolute Gasteiger partial charge is 0.236 e. The quantitative estimate of drug-likeness (QED) is 0.640. The predicted octanol–water partition coefficient (Wildman–Crippen LogP) is 4.89. The van der Waals surface area contributed by atoms with E-state index in [4.69, 9.17) is 0 Å². The van der Waals surface area contributed by atoms with Gasteiger partial charge in [-0.05, 0) is 30.5 Å². The van der Waals surface area contributed by atoms with Gasteiger partial charge >= 0.3 is 0 Å². The van der Waals surface area contributed by atoms with Crippen molar-refractivity contribution in [1.29, 1.82) is 0 Å². The van der Waals surface area contributed by atoms with Crippen LogP contribution in [0.25, 0.3) is 0 Å². The van der Waals surface area contributed by atoms with Crippen molar-refractivity contribution in [2.24, 2.45) is 0 Å². The summed E-state index contributed by atoms with van der Waals surface area (Å²) in [4.78, 5) is 14.6. The Bertz CT molecular complexity index is 875. The number of amides is 1. The van der Waals surface area contributed by atoms with E-state index < -0.39 is 0 Å². The Hall–Kier alpha value is -2.91. The van der Waals surface area contributed by atoms with Gasteiger partial charge in [0.2, 0.25) is 5.91 Å². The van der Waals surface area contributed by atoms with E-state index in [0.717, 1.165) is 16.7 Å². The van der Waals surface area contributed by atoms with Crippen molar-refractivity contribution in [2.45, 2.75) is 25.9 Å². The van der Waals surface area contributed by atoms with E-state index in [0.29, 0.717) is 0 Å². The number of likely N-dealkylation sites (N-methyl/N-ethyl adjacent to an activating group) is 1. The van der Waals surface area contributed by atoms with Gasteiger partial charge in [-0.15, -0.1) is 0 Å². The molecule has 3 aromatic rings. The average molecular weight is 373 g/mol. The van der Waals surface area contributed by atoms with Crippen LogP contribution in [-0.4, -0.2) is 24.4 Å². The summed E-state index contributed by atoms with van der Waals surface area (Å²) in [5.41, 5.74) is 4.67. The molecule has 0 aliphatic rings. The topological polar surface area (TPSA) is 32.3 Å². The number of hydrogen-bond acceptors (Lipinski definition) is 2. The highest BCUT2D eigenvalue weighted by Crippen LogP contribution is 2.23. The summed E-state index contributed by atoms with van der Waals surface area (Å²) in [6.45, 7) is 4.42. The number of carbonyl (C=O) groups is 1. The summed E-state index contributed by atoms with van der Waals surface area (Å²) >= 11 is 0. The summed E-state index contributed by atoms with van der Waals surface area (Å²) in [6, 6.07) is 28.9. The molecule has 0 bridgehead atoms. The molecule has 144 valence electrons. The Morgan fingerprint density at radius 3 is 1.89 bits per heavy atom. The molecule has 0 radical (unpaired) electrons. The van der Waals surface area contributed by atoms with Gasteiger partial charge in [0, 0.05) is 7.05 Å². The van der Waals surface area contributed by atoms with Crippen LogP contribution in [0.15, 0.2) is 84.9 Å². The van der Waals surface area contributed by atoms with E-state index in [1.807, 2.05) is 43.4 Å². The monoisotopic (exact) mass is 372 g/mol. The average Bonchev–Trinajstić information content (AvgIpc) is 2.75. The second-order valence-corrected chi connectivity index (χ2v) is 7.23. The summed E-state index contributed by atoms with van der Waals surface area (Å²) in [6.07, 6.45) is 0. The Balaban J connectivity index is 1.72. The number of hydrogen-bond donors (Lipinski definition) is 1. The van der Waals surface area contributed by atoms with Crippen LogP contribution in [0.2, 0.25) is 0 Å². The minimum atomic E-state index is -0.0221. The van der Waals surface area contributed by atoms with Crippen LogP contribution in [0.4, 0.5) is 0 Å². The molecule has 1 N–H and O–H groups in total. The van der Waals surface area contributed by atoms with E-state index in [9.17, 15) is 4.79 Å². The molecule has 3 aromatic carbocycles. The normalized spacial score (nSPS) is 13.0. The van der Waals surface area contributed by atoms with Crippen LogP contribution in [0.3, 0.4) is 0 Å². The fourth-order valence-electron chi connectivity index (χ4n) is 3.32. The van der Waals surface area contributed by atoms with Crippen molar-refractivity contribution >= 4 is 5.91 Å². The minimum absolute atomic E-state index is 0.0221. The Morgan fingerprint density at radius 2 is 1.32 bits per heavy atom. The Labute approximate surface area is 168 Å². The molecule has 2 atom stereocenters. The van der Waals surface area contributed by atoms with E-state index in [2.05, 4.69) is 67.7 Å². The number of benzene rings is 3. The maximum atomic E-state index is 12.8. The van der Waals surface area contributed by atoms with Gasteiger partial charge in [0.1, 0.15) is 0 Å². The van der Waals surface area contributed by atoms with Gasteiger partial charge in [0.15, 0.2) is 0 Å². The highest BCUT2D eigenvalue weighted by atomic mass is 16.2. The maximum Gasteiger partial charge on any atom is 0.236 e.